The molecular weight excluding hydrogens is 482 g/mol. The van der Waals surface area contributed by atoms with Gasteiger partial charge in [0.1, 0.15) is 0 Å². The highest BCUT2D eigenvalue weighted by Gasteiger charge is 2.33. The topological polar surface area (TPSA) is 65.6 Å². The van der Waals surface area contributed by atoms with Crippen molar-refractivity contribution in [1.82, 2.24) is 9.13 Å². The average Bonchev–Trinajstić information content (AvgIpc) is 3.27. The number of benzene rings is 2. The van der Waals surface area contributed by atoms with Crippen molar-refractivity contribution in [3.8, 4) is 0 Å². The third-order valence-corrected chi connectivity index (χ3v) is 7.66. The zero-order valence-electron chi connectivity index (χ0n) is 19.8. The van der Waals surface area contributed by atoms with Gasteiger partial charge in [0.2, 0.25) is 0 Å². The molecule has 0 saturated heterocycles. The lowest BCUT2D eigenvalue weighted by Gasteiger charge is -2.24. The van der Waals surface area contributed by atoms with Crippen LogP contribution in [0.4, 0.5) is 0 Å². The standard InChI is InChI=1S/C27H24ClN3O3S/c1-5-34-26(33)23-15(2)29-27-31(24(23)17-10-12-18(28)13-11-17)25(32)22(35-27)14-20-16(3)30(4)21-9-7-6-8-19(20)21/h6-14,24H,5H2,1-4H3/b22-14-/t24-/m1/s1. The number of para-hydroxylation sites is 1. The van der Waals surface area contributed by atoms with Crippen LogP contribution in [0.2, 0.25) is 5.02 Å². The molecule has 0 bridgehead atoms. The molecule has 3 heterocycles. The van der Waals surface area contributed by atoms with E-state index in [1.54, 1.807) is 30.5 Å². The number of thiazole rings is 1. The summed E-state index contributed by atoms with van der Waals surface area (Å²) in [4.78, 5) is 32.0. The summed E-state index contributed by atoms with van der Waals surface area (Å²) in [5.41, 5.74) is 4.62. The predicted octanol–water partition coefficient (Wildman–Crippen LogP) is 4.25. The number of nitrogens with zero attached hydrogens (tertiary/aromatic N) is 3. The van der Waals surface area contributed by atoms with Crippen LogP contribution in [-0.4, -0.2) is 21.7 Å². The van der Waals surface area contributed by atoms with E-state index < -0.39 is 12.0 Å². The number of aryl methyl sites for hydroxylation is 1. The number of allylic oxidation sites excluding steroid dienone is 1. The first-order valence-electron chi connectivity index (χ1n) is 11.3. The fourth-order valence-corrected chi connectivity index (χ4v) is 5.77. The van der Waals surface area contributed by atoms with Crippen molar-refractivity contribution in [3.05, 3.63) is 101 Å². The number of carbonyl (C=O) groups is 1. The van der Waals surface area contributed by atoms with Crippen molar-refractivity contribution in [2.24, 2.45) is 12.0 Å². The third-order valence-electron chi connectivity index (χ3n) is 6.43. The van der Waals surface area contributed by atoms with Crippen LogP contribution in [0, 0.1) is 6.92 Å². The number of ether oxygens (including phenoxy) is 1. The molecule has 2 aromatic carbocycles. The zero-order valence-corrected chi connectivity index (χ0v) is 21.4. The van der Waals surface area contributed by atoms with Gasteiger partial charge in [0.05, 0.1) is 28.5 Å². The molecule has 0 saturated carbocycles. The number of hydrogen-bond donors (Lipinski definition) is 0. The van der Waals surface area contributed by atoms with Crippen molar-refractivity contribution >= 4 is 45.9 Å². The zero-order chi connectivity index (χ0) is 24.9. The van der Waals surface area contributed by atoms with Crippen LogP contribution in [-0.2, 0) is 16.6 Å². The maximum atomic E-state index is 13.8. The number of hydrogen-bond acceptors (Lipinski definition) is 5. The Morgan fingerprint density at radius 1 is 1.17 bits per heavy atom. The first-order chi connectivity index (χ1) is 16.8. The van der Waals surface area contributed by atoms with E-state index in [2.05, 4.69) is 21.7 Å². The van der Waals surface area contributed by atoms with Gasteiger partial charge in [-0.05, 0) is 50.6 Å². The summed E-state index contributed by atoms with van der Waals surface area (Å²) >= 11 is 7.45. The maximum Gasteiger partial charge on any atom is 0.338 e. The highest BCUT2D eigenvalue weighted by molar-refractivity contribution is 7.07. The normalized spacial score (nSPS) is 15.9. The van der Waals surface area contributed by atoms with Crippen LogP contribution in [0.3, 0.4) is 0 Å². The summed E-state index contributed by atoms with van der Waals surface area (Å²) in [5.74, 6) is -0.479. The van der Waals surface area contributed by atoms with Crippen LogP contribution in [0.25, 0.3) is 17.0 Å². The molecule has 1 atom stereocenters. The molecule has 0 unspecified atom stereocenters. The number of fused-ring (bicyclic) bond motifs is 2. The maximum absolute atomic E-state index is 13.8. The Morgan fingerprint density at radius 3 is 2.60 bits per heavy atom. The van der Waals surface area contributed by atoms with Gasteiger partial charge >= 0.3 is 5.97 Å². The minimum Gasteiger partial charge on any atom is -0.463 e. The minimum absolute atomic E-state index is 0.199. The summed E-state index contributed by atoms with van der Waals surface area (Å²) in [6.45, 7) is 5.81. The molecule has 35 heavy (non-hydrogen) atoms. The second-order valence-corrected chi connectivity index (χ2v) is 9.87. The van der Waals surface area contributed by atoms with Crippen LogP contribution >= 0.6 is 22.9 Å². The Labute approximate surface area is 211 Å². The van der Waals surface area contributed by atoms with Crippen molar-refractivity contribution in [2.45, 2.75) is 26.8 Å². The highest BCUT2D eigenvalue weighted by Crippen LogP contribution is 2.31. The molecule has 0 aliphatic carbocycles. The van der Waals surface area contributed by atoms with Crippen LogP contribution in [0.5, 0.6) is 0 Å². The smallest absolute Gasteiger partial charge is 0.338 e. The van der Waals surface area contributed by atoms with Gasteiger partial charge in [0.15, 0.2) is 4.80 Å². The van der Waals surface area contributed by atoms with Crippen molar-refractivity contribution < 1.29 is 9.53 Å². The largest absolute Gasteiger partial charge is 0.463 e. The number of carbonyl (C=O) groups excluding carboxylic acids is 1. The second kappa shape index (κ2) is 8.98. The van der Waals surface area contributed by atoms with Gasteiger partial charge in [-0.25, -0.2) is 9.79 Å². The lowest BCUT2D eigenvalue weighted by atomic mass is 9.96. The van der Waals surface area contributed by atoms with Crippen molar-refractivity contribution in [1.29, 1.82) is 0 Å². The number of rotatable bonds is 4. The highest BCUT2D eigenvalue weighted by atomic mass is 35.5. The number of esters is 1. The van der Waals surface area contributed by atoms with Crippen LogP contribution < -0.4 is 14.9 Å². The van der Waals surface area contributed by atoms with E-state index >= 15 is 0 Å². The average molecular weight is 506 g/mol. The Bertz CT molecular complexity index is 1690. The molecule has 8 heteroatoms. The molecule has 0 amide bonds. The Hall–Kier alpha value is -3.42. The van der Waals surface area contributed by atoms with E-state index in [9.17, 15) is 9.59 Å². The Kier molecular flexibility index (Phi) is 5.99. The molecule has 2 aromatic heterocycles. The molecule has 0 fully saturated rings. The van der Waals surface area contributed by atoms with Gasteiger partial charge in [-0.1, -0.05) is 53.3 Å². The van der Waals surface area contributed by atoms with E-state index in [0.717, 1.165) is 27.7 Å². The van der Waals surface area contributed by atoms with E-state index in [4.69, 9.17) is 16.3 Å². The predicted molar refractivity (Wildman–Crippen MR) is 140 cm³/mol. The first-order valence-corrected chi connectivity index (χ1v) is 12.5. The van der Waals surface area contributed by atoms with Crippen molar-refractivity contribution in [3.63, 3.8) is 0 Å². The summed E-state index contributed by atoms with van der Waals surface area (Å²) < 4.78 is 9.62. The van der Waals surface area contributed by atoms with E-state index in [1.165, 1.54) is 11.3 Å². The first kappa shape index (κ1) is 23.3. The molecule has 0 radical (unpaired) electrons. The second-order valence-electron chi connectivity index (χ2n) is 8.43. The lowest BCUT2D eigenvalue weighted by molar-refractivity contribution is -0.139. The van der Waals surface area contributed by atoms with E-state index in [0.29, 0.717) is 25.6 Å². The van der Waals surface area contributed by atoms with Gasteiger partial charge in [-0.15, -0.1) is 0 Å². The molecule has 4 aromatic rings. The number of aromatic nitrogens is 2. The van der Waals surface area contributed by atoms with Gasteiger partial charge in [0, 0.05) is 34.2 Å². The summed E-state index contributed by atoms with van der Waals surface area (Å²) in [6.07, 6.45) is 1.93. The summed E-state index contributed by atoms with van der Waals surface area (Å²) in [7, 11) is 2.02. The molecule has 0 N–H and O–H groups in total. The lowest BCUT2D eigenvalue weighted by Crippen LogP contribution is -2.39. The monoisotopic (exact) mass is 505 g/mol. The van der Waals surface area contributed by atoms with E-state index in [-0.39, 0.29) is 12.2 Å². The third kappa shape index (κ3) is 3.85. The molecule has 6 nitrogen and oxygen atoms in total. The fraction of sp³-hybridized carbons (Fsp3) is 0.222. The number of halogens is 1. The van der Waals surface area contributed by atoms with Gasteiger partial charge in [0.25, 0.3) is 5.56 Å². The molecule has 5 rings (SSSR count). The van der Waals surface area contributed by atoms with Gasteiger partial charge in [-0.2, -0.15) is 0 Å². The van der Waals surface area contributed by atoms with Crippen LogP contribution in [0.1, 0.15) is 36.7 Å². The van der Waals surface area contributed by atoms with Gasteiger partial charge in [-0.3, -0.25) is 9.36 Å². The quantitative estimate of drug-likeness (QED) is 0.389. The van der Waals surface area contributed by atoms with Gasteiger partial charge < -0.3 is 9.30 Å². The molecule has 0 spiro atoms. The van der Waals surface area contributed by atoms with Crippen LogP contribution in [0.15, 0.2) is 69.6 Å². The molecular formula is C27H24ClN3O3S. The summed E-state index contributed by atoms with van der Waals surface area (Å²) in [6, 6.07) is 14.6. The Balaban J connectivity index is 1.77. The van der Waals surface area contributed by atoms with E-state index in [1.807, 2.05) is 44.3 Å². The fourth-order valence-electron chi connectivity index (χ4n) is 4.62. The minimum atomic E-state index is -0.654. The Morgan fingerprint density at radius 2 is 1.89 bits per heavy atom. The summed E-state index contributed by atoms with van der Waals surface area (Å²) in [5, 5.41) is 1.65. The molecule has 1 aliphatic rings. The SMILES string of the molecule is CCOC(=O)C1=C(C)N=c2s/c(=C\c3c(C)n(C)c4ccccc34)c(=O)n2[C@@H]1c1ccc(Cl)cc1. The van der Waals surface area contributed by atoms with Crippen molar-refractivity contribution in [2.75, 3.05) is 6.61 Å². The molecule has 1 aliphatic heterocycles. The molecule has 178 valence electrons.